The molecule has 0 saturated carbocycles. The maximum Gasteiger partial charge on any atom is 0.295 e. The number of carbonyl (C=O) groups is 2. The van der Waals surface area contributed by atoms with Crippen molar-refractivity contribution in [1.82, 2.24) is 4.90 Å². The Hall–Kier alpha value is -3.32. The first-order valence-electron chi connectivity index (χ1n) is 9.66. The minimum absolute atomic E-state index is 0.0467. The number of hydrogen-bond acceptors (Lipinski definition) is 6. The predicted molar refractivity (Wildman–Crippen MR) is 111 cm³/mol. The number of Topliss-reactive ketones (excluding diaryl/α,β-unsaturated/α-hetero) is 1. The minimum Gasteiger partial charge on any atom is -0.507 e. The van der Waals surface area contributed by atoms with E-state index in [4.69, 9.17) is 14.2 Å². The molecular weight excluding hydrogens is 386 g/mol. The summed E-state index contributed by atoms with van der Waals surface area (Å²) in [5.41, 5.74) is 1.17. The molecule has 0 aromatic heterocycles. The van der Waals surface area contributed by atoms with Crippen molar-refractivity contribution in [2.75, 3.05) is 34.0 Å². The number of methoxy groups -OCH3 is 2. The second-order valence-corrected chi connectivity index (χ2v) is 6.72. The molecule has 0 spiro atoms. The van der Waals surface area contributed by atoms with E-state index in [1.54, 1.807) is 55.6 Å². The molecule has 0 aliphatic carbocycles. The van der Waals surface area contributed by atoms with Gasteiger partial charge in [0.05, 0.1) is 31.9 Å². The largest absolute Gasteiger partial charge is 0.507 e. The van der Waals surface area contributed by atoms with Crippen molar-refractivity contribution in [2.45, 2.75) is 13.0 Å². The first-order chi connectivity index (χ1) is 14.5. The molecule has 158 valence electrons. The van der Waals surface area contributed by atoms with E-state index in [1.165, 1.54) is 12.0 Å². The Morgan fingerprint density at radius 3 is 2.20 bits per heavy atom. The molecule has 1 fully saturated rings. The van der Waals surface area contributed by atoms with Gasteiger partial charge in [-0.1, -0.05) is 12.1 Å². The van der Waals surface area contributed by atoms with Crippen LogP contribution in [0.15, 0.2) is 54.1 Å². The van der Waals surface area contributed by atoms with Gasteiger partial charge in [0.2, 0.25) is 0 Å². The molecule has 1 N–H and O–H groups in total. The number of ketones is 1. The minimum atomic E-state index is -0.724. The monoisotopic (exact) mass is 411 g/mol. The Bertz CT molecular complexity index is 933. The van der Waals surface area contributed by atoms with E-state index in [-0.39, 0.29) is 24.5 Å². The first kappa shape index (κ1) is 21.4. The maximum atomic E-state index is 12.9. The normalized spacial score (nSPS) is 18.0. The van der Waals surface area contributed by atoms with Crippen LogP contribution in [0.1, 0.15) is 24.1 Å². The van der Waals surface area contributed by atoms with Crippen molar-refractivity contribution in [2.24, 2.45) is 0 Å². The SMILES string of the molecule is CCOc1ccc(C(O)=C2C(=O)C(=O)N(CCOC)[C@@H]2c2ccc(OC)cc2)cc1. The lowest BCUT2D eigenvalue weighted by atomic mass is 9.95. The van der Waals surface area contributed by atoms with E-state index < -0.39 is 17.7 Å². The number of nitrogens with zero attached hydrogens (tertiary/aromatic N) is 1. The van der Waals surface area contributed by atoms with Crippen LogP contribution in [-0.2, 0) is 14.3 Å². The van der Waals surface area contributed by atoms with Crippen LogP contribution in [0, 0.1) is 0 Å². The number of likely N-dealkylation sites (tertiary alicyclic amines) is 1. The van der Waals surface area contributed by atoms with Gasteiger partial charge in [-0.15, -0.1) is 0 Å². The van der Waals surface area contributed by atoms with Gasteiger partial charge in [-0.25, -0.2) is 0 Å². The van der Waals surface area contributed by atoms with Gasteiger partial charge in [0.25, 0.3) is 11.7 Å². The lowest BCUT2D eigenvalue weighted by Crippen LogP contribution is -2.32. The summed E-state index contributed by atoms with van der Waals surface area (Å²) < 4.78 is 15.7. The first-order valence-corrected chi connectivity index (χ1v) is 9.66. The van der Waals surface area contributed by atoms with E-state index in [0.717, 1.165) is 0 Å². The zero-order valence-electron chi connectivity index (χ0n) is 17.3. The number of carbonyl (C=O) groups excluding carboxylic acids is 2. The van der Waals surface area contributed by atoms with Crippen molar-refractivity contribution in [3.63, 3.8) is 0 Å². The smallest absolute Gasteiger partial charge is 0.295 e. The van der Waals surface area contributed by atoms with Crippen molar-refractivity contribution in [3.05, 3.63) is 65.2 Å². The van der Waals surface area contributed by atoms with Crippen LogP contribution in [0.4, 0.5) is 0 Å². The van der Waals surface area contributed by atoms with Crippen molar-refractivity contribution < 1.29 is 28.9 Å². The predicted octanol–water partition coefficient (Wildman–Crippen LogP) is 3.16. The number of benzene rings is 2. The molecule has 1 aliphatic heterocycles. The van der Waals surface area contributed by atoms with Gasteiger partial charge >= 0.3 is 0 Å². The molecule has 2 aromatic rings. The Labute approximate surface area is 175 Å². The third-order valence-electron chi connectivity index (χ3n) is 4.95. The molecule has 2 aromatic carbocycles. The van der Waals surface area contributed by atoms with Gasteiger partial charge < -0.3 is 24.2 Å². The fourth-order valence-electron chi connectivity index (χ4n) is 3.46. The van der Waals surface area contributed by atoms with Crippen LogP contribution in [0.5, 0.6) is 11.5 Å². The summed E-state index contributed by atoms with van der Waals surface area (Å²) in [6.45, 7) is 2.89. The highest BCUT2D eigenvalue weighted by Gasteiger charge is 2.45. The molecule has 7 heteroatoms. The maximum absolute atomic E-state index is 12.9. The Morgan fingerprint density at radius 2 is 1.63 bits per heavy atom. The molecule has 0 unspecified atom stereocenters. The average molecular weight is 411 g/mol. The van der Waals surface area contributed by atoms with Crippen LogP contribution in [0.3, 0.4) is 0 Å². The molecule has 0 radical (unpaired) electrons. The van der Waals surface area contributed by atoms with Gasteiger partial charge in [0.1, 0.15) is 17.3 Å². The summed E-state index contributed by atoms with van der Waals surface area (Å²) in [4.78, 5) is 27.0. The Kier molecular flexibility index (Phi) is 6.74. The fraction of sp³-hybridized carbons (Fsp3) is 0.304. The molecule has 0 bridgehead atoms. The van der Waals surface area contributed by atoms with Crippen molar-refractivity contribution in [3.8, 4) is 11.5 Å². The lowest BCUT2D eigenvalue weighted by molar-refractivity contribution is -0.140. The Morgan fingerprint density at radius 1 is 1.00 bits per heavy atom. The van der Waals surface area contributed by atoms with E-state index in [1.807, 2.05) is 6.92 Å². The molecule has 7 nitrogen and oxygen atoms in total. The summed E-state index contributed by atoms with van der Waals surface area (Å²) in [6, 6.07) is 13.1. The van der Waals surface area contributed by atoms with E-state index in [2.05, 4.69) is 0 Å². The zero-order valence-corrected chi connectivity index (χ0v) is 17.3. The number of rotatable bonds is 8. The van der Waals surface area contributed by atoms with E-state index in [9.17, 15) is 14.7 Å². The van der Waals surface area contributed by atoms with Gasteiger partial charge in [-0.2, -0.15) is 0 Å². The molecule has 1 saturated heterocycles. The highest BCUT2D eigenvalue weighted by Crippen LogP contribution is 2.39. The lowest BCUT2D eigenvalue weighted by Gasteiger charge is -2.25. The van der Waals surface area contributed by atoms with Crippen molar-refractivity contribution in [1.29, 1.82) is 0 Å². The summed E-state index contributed by atoms with van der Waals surface area (Å²) in [5, 5.41) is 11.0. The molecule has 3 rings (SSSR count). The molecule has 1 aliphatic rings. The van der Waals surface area contributed by atoms with Crippen LogP contribution < -0.4 is 9.47 Å². The molecule has 1 heterocycles. The number of amides is 1. The molecule has 1 amide bonds. The van der Waals surface area contributed by atoms with Crippen LogP contribution in [-0.4, -0.2) is 55.7 Å². The van der Waals surface area contributed by atoms with E-state index in [0.29, 0.717) is 29.2 Å². The number of hydrogen-bond donors (Lipinski definition) is 1. The molecule has 30 heavy (non-hydrogen) atoms. The topological polar surface area (TPSA) is 85.3 Å². The van der Waals surface area contributed by atoms with Gasteiger partial charge in [-0.05, 0) is 48.9 Å². The highest BCUT2D eigenvalue weighted by atomic mass is 16.5. The summed E-state index contributed by atoms with van der Waals surface area (Å²) in [6.07, 6.45) is 0. The zero-order chi connectivity index (χ0) is 21.7. The van der Waals surface area contributed by atoms with Crippen molar-refractivity contribution >= 4 is 17.4 Å². The van der Waals surface area contributed by atoms with E-state index >= 15 is 0 Å². The average Bonchev–Trinajstić information content (AvgIpc) is 3.02. The second-order valence-electron chi connectivity index (χ2n) is 6.72. The molecule has 1 atom stereocenters. The quantitative estimate of drug-likeness (QED) is 0.408. The third kappa shape index (κ3) is 4.16. The van der Waals surface area contributed by atoms with Gasteiger partial charge in [0.15, 0.2) is 0 Å². The van der Waals surface area contributed by atoms with Gasteiger partial charge in [0, 0.05) is 19.2 Å². The van der Waals surface area contributed by atoms with Crippen LogP contribution >= 0.6 is 0 Å². The van der Waals surface area contributed by atoms with Gasteiger partial charge in [-0.3, -0.25) is 9.59 Å². The summed E-state index contributed by atoms with van der Waals surface area (Å²) in [5.74, 6) is -0.309. The fourth-order valence-corrected chi connectivity index (χ4v) is 3.46. The second kappa shape index (κ2) is 9.45. The number of aliphatic hydroxyl groups excluding tert-OH is 1. The van der Waals surface area contributed by atoms with Crippen LogP contribution in [0.25, 0.3) is 5.76 Å². The molecular formula is C23H25NO6. The third-order valence-corrected chi connectivity index (χ3v) is 4.95. The number of ether oxygens (including phenoxy) is 3. The summed E-state index contributed by atoms with van der Waals surface area (Å²) >= 11 is 0. The Balaban J connectivity index is 2.08. The summed E-state index contributed by atoms with van der Waals surface area (Å²) in [7, 11) is 3.09. The highest BCUT2D eigenvalue weighted by molar-refractivity contribution is 6.46. The standard InChI is InChI=1S/C23H25NO6/c1-4-30-18-11-7-16(8-12-18)21(25)19-20(15-5-9-17(29-3)10-6-15)24(13-14-28-2)23(27)22(19)26/h5-12,20,25H,4,13-14H2,1-3H3/t20-/m1/s1. The number of aliphatic hydroxyl groups is 1. The van der Waals surface area contributed by atoms with Crippen LogP contribution in [0.2, 0.25) is 0 Å².